The zero-order valence-corrected chi connectivity index (χ0v) is 17.9. The number of nitrogens with zero attached hydrogens (tertiary/aromatic N) is 1. The van der Waals surface area contributed by atoms with Crippen molar-refractivity contribution in [2.24, 2.45) is 5.41 Å². The van der Waals surface area contributed by atoms with E-state index in [2.05, 4.69) is 29.5 Å². The number of hydrogen-bond donors (Lipinski definition) is 2. The minimum atomic E-state index is -0.394. The zero-order chi connectivity index (χ0) is 21.5. The van der Waals surface area contributed by atoms with Crippen molar-refractivity contribution in [3.8, 4) is 0 Å². The molecule has 30 heavy (non-hydrogen) atoms. The molecule has 0 unspecified atom stereocenters. The van der Waals surface area contributed by atoms with E-state index in [1.165, 1.54) is 0 Å². The van der Waals surface area contributed by atoms with Gasteiger partial charge in [0.1, 0.15) is 5.82 Å². The Morgan fingerprint density at radius 1 is 1.10 bits per heavy atom. The highest BCUT2D eigenvalue weighted by atomic mass is 16.2. The molecule has 0 fully saturated rings. The van der Waals surface area contributed by atoms with Crippen LogP contribution in [0.25, 0.3) is 0 Å². The van der Waals surface area contributed by atoms with Crippen molar-refractivity contribution in [2.75, 3.05) is 5.32 Å². The standard InChI is InChI=1S/C25H27N3O2/c1-15-9-5-6-10-17(15)22-21(24(30)28-20-11-7-8-12-26-20)16(2)27-18-13-25(3,4)14-19(29)23(18)22/h5-12,22,27H,13-14H2,1-4H3,(H,26,28,30)/t22-/m0/s1. The van der Waals surface area contributed by atoms with Crippen molar-refractivity contribution in [1.82, 2.24) is 10.3 Å². The van der Waals surface area contributed by atoms with Crippen molar-refractivity contribution < 1.29 is 9.59 Å². The molecule has 2 aromatic rings. The highest BCUT2D eigenvalue weighted by Crippen LogP contribution is 2.47. The van der Waals surface area contributed by atoms with Crippen LogP contribution in [0.4, 0.5) is 5.82 Å². The number of carbonyl (C=O) groups is 2. The molecule has 2 heterocycles. The van der Waals surface area contributed by atoms with Crippen molar-refractivity contribution in [3.05, 3.63) is 82.3 Å². The molecule has 1 aromatic carbocycles. The fourth-order valence-electron chi connectivity index (χ4n) is 4.58. The highest BCUT2D eigenvalue weighted by molar-refractivity contribution is 6.09. The quantitative estimate of drug-likeness (QED) is 0.786. The molecule has 2 aliphatic rings. The monoisotopic (exact) mass is 401 g/mol. The number of hydrogen-bond acceptors (Lipinski definition) is 4. The number of benzene rings is 1. The molecular formula is C25H27N3O2. The SMILES string of the molecule is CC1=C(C(=O)Nc2ccccn2)[C@H](c2ccccc2C)C2=C(CC(C)(C)CC2=O)N1. The van der Waals surface area contributed by atoms with Crippen molar-refractivity contribution in [2.45, 2.75) is 46.5 Å². The molecule has 0 saturated carbocycles. The van der Waals surface area contributed by atoms with E-state index in [-0.39, 0.29) is 17.1 Å². The van der Waals surface area contributed by atoms with Gasteiger partial charge in [-0.25, -0.2) is 4.98 Å². The molecule has 1 aliphatic heterocycles. The summed E-state index contributed by atoms with van der Waals surface area (Å²) in [5, 5.41) is 6.30. The van der Waals surface area contributed by atoms with Gasteiger partial charge in [0.05, 0.1) is 0 Å². The van der Waals surface area contributed by atoms with Gasteiger partial charge < -0.3 is 10.6 Å². The molecule has 4 rings (SSSR count). The van der Waals surface area contributed by atoms with E-state index in [1.807, 2.05) is 44.2 Å². The van der Waals surface area contributed by atoms with Crippen LogP contribution in [0.2, 0.25) is 0 Å². The summed E-state index contributed by atoms with van der Waals surface area (Å²) in [6.45, 7) is 8.16. The fourth-order valence-corrected chi connectivity index (χ4v) is 4.58. The third-order valence-electron chi connectivity index (χ3n) is 5.89. The number of aromatic nitrogens is 1. The molecule has 1 aliphatic carbocycles. The maximum atomic E-state index is 13.4. The van der Waals surface area contributed by atoms with Gasteiger partial charge in [-0.1, -0.05) is 44.2 Å². The maximum Gasteiger partial charge on any atom is 0.255 e. The van der Waals surface area contributed by atoms with Crippen LogP contribution in [-0.2, 0) is 9.59 Å². The average molecular weight is 402 g/mol. The van der Waals surface area contributed by atoms with Crippen molar-refractivity contribution in [1.29, 1.82) is 0 Å². The number of Topliss-reactive ketones (excluding diaryl/α,β-unsaturated/α-hetero) is 1. The Bertz CT molecular complexity index is 1080. The number of aryl methyl sites for hydroxylation is 1. The first-order valence-corrected chi connectivity index (χ1v) is 10.3. The summed E-state index contributed by atoms with van der Waals surface area (Å²) in [5.74, 6) is -0.0363. The Kier molecular flexibility index (Phi) is 5.06. The van der Waals surface area contributed by atoms with Gasteiger partial charge >= 0.3 is 0 Å². The Balaban J connectivity index is 1.84. The largest absolute Gasteiger partial charge is 0.362 e. The van der Waals surface area contributed by atoms with E-state index in [9.17, 15) is 9.59 Å². The second kappa shape index (κ2) is 7.56. The number of ketones is 1. The highest BCUT2D eigenvalue weighted by Gasteiger charge is 2.43. The van der Waals surface area contributed by atoms with Gasteiger partial charge in [0.15, 0.2) is 5.78 Å². The van der Waals surface area contributed by atoms with Gasteiger partial charge in [-0.3, -0.25) is 9.59 Å². The first-order valence-electron chi connectivity index (χ1n) is 10.3. The summed E-state index contributed by atoms with van der Waals surface area (Å²) in [4.78, 5) is 30.9. The number of pyridine rings is 1. The number of rotatable bonds is 3. The number of nitrogens with one attached hydrogen (secondary N) is 2. The van der Waals surface area contributed by atoms with E-state index < -0.39 is 5.92 Å². The van der Waals surface area contributed by atoms with E-state index in [1.54, 1.807) is 18.3 Å². The van der Waals surface area contributed by atoms with Crippen LogP contribution in [0.3, 0.4) is 0 Å². The minimum Gasteiger partial charge on any atom is -0.362 e. The fraction of sp³-hybridized carbons (Fsp3) is 0.320. The Hall–Kier alpha value is -3.21. The summed E-state index contributed by atoms with van der Waals surface area (Å²) in [5.41, 5.74) is 4.96. The van der Waals surface area contributed by atoms with Crippen LogP contribution in [0.1, 0.15) is 50.7 Å². The van der Waals surface area contributed by atoms with E-state index in [0.717, 1.165) is 34.5 Å². The van der Waals surface area contributed by atoms with Gasteiger partial charge in [-0.05, 0) is 48.9 Å². The molecule has 1 atom stereocenters. The molecule has 5 nitrogen and oxygen atoms in total. The van der Waals surface area contributed by atoms with Gasteiger partial charge in [-0.15, -0.1) is 0 Å². The molecule has 0 saturated heterocycles. The number of allylic oxidation sites excluding steroid dienone is 3. The molecule has 1 aromatic heterocycles. The van der Waals surface area contributed by atoms with Crippen LogP contribution in [0.15, 0.2) is 71.2 Å². The minimum absolute atomic E-state index is 0.104. The van der Waals surface area contributed by atoms with Gasteiger partial charge in [0.25, 0.3) is 5.91 Å². The molecule has 1 amide bonds. The number of anilines is 1. The van der Waals surface area contributed by atoms with Crippen LogP contribution < -0.4 is 10.6 Å². The van der Waals surface area contributed by atoms with E-state index >= 15 is 0 Å². The molecule has 154 valence electrons. The van der Waals surface area contributed by atoms with E-state index in [4.69, 9.17) is 0 Å². The molecule has 2 N–H and O–H groups in total. The average Bonchev–Trinajstić information content (AvgIpc) is 2.67. The lowest BCUT2D eigenvalue weighted by molar-refractivity contribution is -0.118. The Morgan fingerprint density at radius 2 is 1.83 bits per heavy atom. The second-order valence-electron chi connectivity index (χ2n) is 8.96. The van der Waals surface area contributed by atoms with Gasteiger partial charge in [-0.2, -0.15) is 0 Å². The number of carbonyl (C=O) groups excluding carboxylic acids is 2. The lowest BCUT2D eigenvalue weighted by Gasteiger charge is -2.40. The lowest BCUT2D eigenvalue weighted by Crippen LogP contribution is -2.39. The first-order chi connectivity index (χ1) is 14.3. The molecule has 0 bridgehead atoms. The summed E-state index contributed by atoms with van der Waals surface area (Å²) in [6.07, 6.45) is 2.90. The normalized spacial score (nSPS) is 20.5. The second-order valence-corrected chi connectivity index (χ2v) is 8.96. The van der Waals surface area contributed by atoms with Crippen LogP contribution in [-0.4, -0.2) is 16.7 Å². The van der Waals surface area contributed by atoms with Crippen LogP contribution in [0, 0.1) is 12.3 Å². The number of dihydropyridines is 1. The molecular weight excluding hydrogens is 374 g/mol. The molecule has 5 heteroatoms. The predicted octanol–water partition coefficient (Wildman–Crippen LogP) is 4.63. The summed E-state index contributed by atoms with van der Waals surface area (Å²) in [7, 11) is 0. The number of amides is 1. The van der Waals surface area contributed by atoms with Crippen molar-refractivity contribution >= 4 is 17.5 Å². The lowest BCUT2D eigenvalue weighted by atomic mass is 9.68. The smallest absolute Gasteiger partial charge is 0.255 e. The summed E-state index contributed by atoms with van der Waals surface area (Å²) in [6, 6.07) is 13.4. The van der Waals surface area contributed by atoms with Crippen LogP contribution in [0.5, 0.6) is 0 Å². The maximum absolute atomic E-state index is 13.4. The van der Waals surface area contributed by atoms with Gasteiger partial charge in [0, 0.05) is 41.1 Å². The third kappa shape index (κ3) is 3.67. The summed E-state index contributed by atoms with van der Waals surface area (Å²) < 4.78 is 0. The topological polar surface area (TPSA) is 71.1 Å². The van der Waals surface area contributed by atoms with Crippen molar-refractivity contribution in [3.63, 3.8) is 0 Å². The molecule has 0 radical (unpaired) electrons. The third-order valence-corrected chi connectivity index (χ3v) is 5.89. The van der Waals surface area contributed by atoms with Crippen LogP contribution >= 0.6 is 0 Å². The van der Waals surface area contributed by atoms with E-state index in [0.29, 0.717) is 17.8 Å². The van der Waals surface area contributed by atoms with Gasteiger partial charge in [0.2, 0.25) is 0 Å². The predicted molar refractivity (Wildman–Crippen MR) is 118 cm³/mol. The Morgan fingerprint density at radius 3 is 2.53 bits per heavy atom. The Labute approximate surface area is 177 Å². The molecule has 0 spiro atoms. The summed E-state index contributed by atoms with van der Waals surface area (Å²) >= 11 is 0. The first kappa shape index (κ1) is 20.1. The zero-order valence-electron chi connectivity index (χ0n) is 17.9.